The SMILES string of the molecule is CC1(C)C2CC[C@]3(C)[C@H](C(=O)C=C4[C@H]5C[C@@](C)(C(=O)NCCNC(=O)Nc6cc(C(F)(F)F)cc(C(F)(F)F)c6)CC[C@]5(C)CC[C@]43C)[C@@]2(C)CC[C@@H]1O. The van der Waals surface area contributed by atoms with Crippen molar-refractivity contribution in [2.24, 2.45) is 50.2 Å². The molecular weight excluding hydrogens is 712 g/mol. The maximum atomic E-state index is 14.6. The average Bonchev–Trinajstić information content (AvgIpc) is 3.05. The highest BCUT2D eigenvalue weighted by atomic mass is 19.4. The van der Waals surface area contributed by atoms with Crippen molar-refractivity contribution >= 4 is 23.4 Å². The minimum Gasteiger partial charge on any atom is -0.393 e. The molecule has 300 valence electrons. The van der Waals surface area contributed by atoms with Crippen LogP contribution in [0.2, 0.25) is 0 Å². The van der Waals surface area contributed by atoms with E-state index >= 15 is 0 Å². The van der Waals surface area contributed by atoms with Gasteiger partial charge < -0.3 is 21.1 Å². The second-order valence-corrected chi connectivity index (χ2v) is 19.1. The number of hydrogen-bond donors (Lipinski definition) is 4. The number of fused-ring (bicyclic) bond motifs is 7. The highest BCUT2D eigenvalue weighted by Gasteiger charge is 2.70. The number of benzene rings is 1. The van der Waals surface area contributed by atoms with Crippen molar-refractivity contribution in [3.05, 3.63) is 41.0 Å². The number of allylic oxidation sites excluding steroid dienone is 2. The fourth-order valence-corrected chi connectivity index (χ4v) is 12.1. The van der Waals surface area contributed by atoms with Crippen LogP contribution in [0, 0.1) is 50.2 Å². The zero-order chi connectivity index (χ0) is 40.1. The number of aliphatic hydroxyl groups excluding tert-OH is 1. The normalized spacial score (nSPS) is 38.9. The van der Waals surface area contributed by atoms with Crippen LogP contribution in [0.1, 0.15) is 117 Å². The van der Waals surface area contributed by atoms with Gasteiger partial charge in [0.1, 0.15) is 0 Å². The molecule has 3 amide bonds. The first-order valence-corrected chi connectivity index (χ1v) is 19.3. The van der Waals surface area contributed by atoms with E-state index in [-0.39, 0.29) is 75.7 Å². The molecule has 0 saturated heterocycles. The Morgan fingerprint density at radius 3 is 2.00 bits per heavy atom. The number of carbonyl (C=O) groups excluding carboxylic acids is 3. The van der Waals surface area contributed by atoms with Crippen LogP contribution in [0.15, 0.2) is 29.8 Å². The molecule has 4 saturated carbocycles. The van der Waals surface area contributed by atoms with E-state index in [2.05, 4.69) is 52.2 Å². The first-order chi connectivity index (χ1) is 24.7. The van der Waals surface area contributed by atoms with Gasteiger partial charge in [0.15, 0.2) is 5.78 Å². The summed E-state index contributed by atoms with van der Waals surface area (Å²) in [5.41, 5.74) is -4.49. The first kappa shape index (κ1) is 40.6. The van der Waals surface area contributed by atoms with Crippen molar-refractivity contribution in [1.82, 2.24) is 10.6 Å². The maximum absolute atomic E-state index is 14.6. The summed E-state index contributed by atoms with van der Waals surface area (Å²) < 4.78 is 79.4. The van der Waals surface area contributed by atoms with Gasteiger partial charge in [-0.2, -0.15) is 26.3 Å². The van der Waals surface area contributed by atoms with Gasteiger partial charge in [-0.15, -0.1) is 0 Å². The highest BCUT2D eigenvalue weighted by molar-refractivity contribution is 5.96. The monoisotopic (exact) mass is 767 g/mol. The average molecular weight is 768 g/mol. The number of urea groups is 1. The third-order valence-electron chi connectivity index (χ3n) is 15.6. The van der Waals surface area contributed by atoms with E-state index in [0.29, 0.717) is 31.4 Å². The second kappa shape index (κ2) is 13.0. The van der Waals surface area contributed by atoms with Crippen LogP contribution in [0.5, 0.6) is 0 Å². The molecule has 5 aliphatic rings. The summed E-state index contributed by atoms with van der Waals surface area (Å²) in [7, 11) is 0. The molecular formula is C41H55F6N3O4. The van der Waals surface area contributed by atoms with Crippen LogP contribution < -0.4 is 16.0 Å². The minimum atomic E-state index is -5.06. The molecule has 13 heteroatoms. The lowest BCUT2D eigenvalue weighted by molar-refractivity contribution is -0.202. The van der Waals surface area contributed by atoms with E-state index in [1.54, 1.807) is 0 Å². The van der Waals surface area contributed by atoms with Gasteiger partial charge >= 0.3 is 18.4 Å². The van der Waals surface area contributed by atoms with Gasteiger partial charge in [0.2, 0.25) is 5.91 Å². The molecule has 4 fully saturated rings. The fourth-order valence-electron chi connectivity index (χ4n) is 12.1. The molecule has 0 radical (unpaired) electrons. The number of ketones is 1. The Labute approximate surface area is 313 Å². The van der Waals surface area contributed by atoms with Gasteiger partial charge in [-0.1, -0.05) is 54.0 Å². The van der Waals surface area contributed by atoms with E-state index in [9.17, 15) is 45.8 Å². The van der Waals surface area contributed by atoms with E-state index in [4.69, 9.17) is 0 Å². The Hall–Kier alpha value is -3.09. The molecule has 0 aliphatic heterocycles. The highest BCUT2D eigenvalue weighted by Crippen LogP contribution is 2.75. The van der Waals surface area contributed by atoms with Crippen LogP contribution >= 0.6 is 0 Å². The van der Waals surface area contributed by atoms with Crippen molar-refractivity contribution in [2.45, 2.75) is 125 Å². The van der Waals surface area contributed by atoms with Gasteiger partial charge in [-0.05, 0) is 121 Å². The zero-order valence-electron chi connectivity index (χ0n) is 32.3. The zero-order valence-corrected chi connectivity index (χ0v) is 32.3. The number of carbonyl (C=O) groups is 3. The molecule has 6 rings (SSSR count). The molecule has 1 aromatic carbocycles. The van der Waals surface area contributed by atoms with Crippen molar-refractivity contribution in [3.8, 4) is 0 Å². The van der Waals surface area contributed by atoms with Crippen LogP contribution in [0.4, 0.5) is 36.8 Å². The standard InChI is InChI=1S/C41H55F6N3O4/c1-34(2)29-8-11-39(7)31(37(29,5)10-9-30(34)52)28(51)21-26-27-22-36(4,13-12-35(27,3)14-15-38(26,39)6)32(53)48-16-17-49-33(54)50-25-19-23(40(42,43)44)18-24(20-25)41(45,46)47/h18-21,27,29-31,52H,8-17,22H2,1-7H3,(H,48,53)(H2,49,50,54)/t27-,29?,30+,31-,35-,36+,37+,38-,39-/m1/s1. The summed E-state index contributed by atoms with van der Waals surface area (Å²) in [6.07, 6.45) is -1.28. The summed E-state index contributed by atoms with van der Waals surface area (Å²) in [6, 6.07) is -0.189. The fraction of sp³-hybridized carbons (Fsp3) is 0.732. The molecule has 0 bridgehead atoms. The predicted octanol–water partition coefficient (Wildman–Crippen LogP) is 9.30. The van der Waals surface area contributed by atoms with Crippen LogP contribution in [0.25, 0.3) is 0 Å². The smallest absolute Gasteiger partial charge is 0.393 e. The lowest BCUT2D eigenvalue weighted by Gasteiger charge is -2.70. The number of alkyl halides is 6. The van der Waals surface area contributed by atoms with E-state index in [1.807, 2.05) is 18.3 Å². The van der Waals surface area contributed by atoms with Crippen molar-refractivity contribution in [1.29, 1.82) is 0 Å². The molecule has 0 spiro atoms. The Bertz CT molecular complexity index is 1710. The number of rotatable bonds is 5. The molecule has 0 heterocycles. The summed E-state index contributed by atoms with van der Waals surface area (Å²) in [5.74, 6) is 0.0460. The summed E-state index contributed by atoms with van der Waals surface area (Å²) >= 11 is 0. The van der Waals surface area contributed by atoms with Gasteiger partial charge in [-0.3, -0.25) is 9.59 Å². The Morgan fingerprint density at radius 2 is 1.39 bits per heavy atom. The molecule has 1 aromatic rings. The number of nitrogens with one attached hydrogen (secondary N) is 3. The van der Waals surface area contributed by atoms with Crippen LogP contribution in [-0.4, -0.2) is 42.0 Å². The van der Waals surface area contributed by atoms with Crippen LogP contribution in [-0.2, 0) is 21.9 Å². The molecule has 1 unspecified atom stereocenters. The van der Waals surface area contributed by atoms with E-state index in [1.165, 1.54) is 0 Å². The predicted molar refractivity (Wildman–Crippen MR) is 192 cm³/mol. The molecule has 0 aromatic heterocycles. The van der Waals surface area contributed by atoms with Crippen molar-refractivity contribution < 1.29 is 45.8 Å². The van der Waals surface area contributed by atoms with Gasteiger partial charge in [0.05, 0.1) is 17.2 Å². The summed E-state index contributed by atoms with van der Waals surface area (Å²) in [6.45, 7) is 15.3. The Kier molecular flexibility index (Phi) is 9.75. The van der Waals surface area contributed by atoms with Crippen molar-refractivity contribution in [2.75, 3.05) is 18.4 Å². The third-order valence-corrected chi connectivity index (χ3v) is 15.6. The number of anilines is 1. The summed E-state index contributed by atoms with van der Waals surface area (Å²) in [5, 5.41) is 18.3. The minimum absolute atomic E-state index is 0.00979. The first-order valence-electron chi connectivity index (χ1n) is 19.3. The van der Waals surface area contributed by atoms with Gasteiger partial charge in [-0.25, -0.2) is 4.79 Å². The Balaban J connectivity index is 1.14. The van der Waals surface area contributed by atoms with Crippen LogP contribution in [0.3, 0.4) is 0 Å². The topological polar surface area (TPSA) is 108 Å². The second-order valence-electron chi connectivity index (χ2n) is 19.1. The summed E-state index contributed by atoms with van der Waals surface area (Å²) in [4.78, 5) is 40.8. The van der Waals surface area contributed by atoms with Gasteiger partial charge in [0.25, 0.3) is 0 Å². The molecule has 7 nitrogen and oxygen atoms in total. The van der Waals surface area contributed by atoms with E-state index in [0.717, 1.165) is 44.1 Å². The van der Waals surface area contributed by atoms with E-state index < -0.39 is 46.7 Å². The Morgan fingerprint density at radius 1 is 0.796 bits per heavy atom. The third kappa shape index (κ3) is 6.45. The molecule has 4 N–H and O–H groups in total. The quantitative estimate of drug-likeness (QED) is 0.177. The number of amides is 3. The van der Waals surface area contributed by atoms with Crippen molar-refractivity contribution in [3.63, 3.8) is 0 Å². The lowest BCUT2D eigenvalue weighted by atomic mass is 9.33. The van der Waals surface area contributed by atoms with Gasteiger partial charge in [0, 0.05) is 30.1 Å². The molecule has 9 atom stereocenters. The molecule has 54 heavy (non-hydrogen) atoms. The maximum Gasteiger partial charge on any atom is 0.416 e. The lowest BCUT2D eigenvalue weighted by Crippen LogP contribution is -2.66. The molecule has 5 aliphatic carbocycles. The number of halogens is 6. The number of hydrogen-bond acceptors (Lipinski definition) is 4. The number of aliphatic hydroxyl groups is 1. The largest absolute Gasteiger partial charge is 0.416 e.